The van der Waals surface area contributed by atoms with Crippen LogP contribution < -0.4 is 4.90 Å². The molecule has 0 atom stereocenters. The van der Waals surface area contributed by atoms with Gasteiger partial charge in [0.05, 0.1) is 17.1 Å². The molecule has 1 aromatic heterocycles. The Bertz CT molecular complexity index is 2520. The first-order valence-corrected chi connectivity index (χ1v) is 15.0. The van der Waals surface area contributed by atoms with Crippen molar-refractivity contribution in [2.75, 3.05) is 4.90 Å². The van der Waals surface area contributed by atoms with Crippen molar-refractivity contribution in [1.29, 1.82) is 0 Å². The van der Waals surface area contributed by atoms with E-state index < -0.39 is 0 Å². The number of nitrogens with zero attached hydrogens (tertiary/aromatic N) is 1. The zero-order valence-electron chi connectivity index (χ0n) is 23.9. The van der Waals surface area contributed by atoms with Gasteiger partial charge in [-0.05, 0) is 63.5 Å². The molecule has 0 aliphatic carbocycles. The normalized spacial score (nSPS) is 11.6. The lowest BCUT2D eigenvalue weighted by Gasteiger charge is -2.30. The summed E-state index contributed by atoms with van der Waals surface area (Å²) < 4.78 is 6.33. The molecule has 2 heteroatoms. The molecular formula is C42H27NO. The highest BCUT2D eigenvalue weighted by molar-refractivity contribution is 6.16. The van der Waals surface area contributed by atoms with Crippen LogP contribution in [0.1, 0.15) is 0 Å². The van der Waals surface area contributed by atoms with Crippen molar-refractivity contribution in [3.05, 3.63) is 164 Å². The van der Waals surface area contributed by atoms with E-state index >= 15 is 0 Å². The first-order chi connectivity index (χ1) is 21.8. The SMILES string of the molecule is c1ccc(N(c2cccc3ccccc23)c2cc3ccccc3c3ccccc23)c(-c2ccc3c(c2)oc2ccccc23)c1. The minimum atomic E-state index is 0.895. The van der Waals surface area contributed by atoms with Crippen molar-refractivity contribution in [2.45, 2.75) is 0 Å². The summed E-state index contributed by atoms with van der Waals surface area (Å²) in [6.07, 6.45) is 0. The Morgan fingerprint density at radius 2 is 0.955 bits per heavy atom. The number of furan rings is 1. The van der Waals surface area contributed by atoms with Gasteiger partial charge in [-0.15, -0.1) is 0 Å². The smallest absolute Gasteiger partial charge is 0.136 e. The highest BCUT2D eigenvalue weighted by Crippen LogP contribution is 2.47. The molecule has 1 heterocycles. The van der Waals surface area contributed by atoms with Crippen LogP contribution in [-0.4, -0.2) is 0 Å². The van der Waals surface area contributed by atoms with Gasteiger partial charge >= 0.3 is 0 Å². The van der Waals surface area contributed by atoms with Crippen LogP contribution in [0, 0.1) is 0 Å². The van der Waals surface area contributed by atoms with Crippen molar-refractivity contribution >= 4 is 71.3 Å². The predicted molar refractivity (Wildman–Crippen MR) is 186 cm³/mol. The Balaban J connectivity index is 1.36. The fourth-order valence-corrected chi connectivity index (χ4v) is 6.82. The summed E-state index contributed by atoms with van der Waals surface area (Å²) in [5.74, 6) is 0. The molecule has 0 bridgehead atoms. The number of para-hydroxylation sites is 2. The van der Waals surface area contributed by atoms with Crippen LogP contribution >= 0.6 is 0 Å². The molecule has 0 amide bonds. The monoisotopic (exact) mass is 561 g/mol. The van der Waals surface area contributed by atoms with Crippen molar-refractivity contribution in [3.8, 4) is 11.1 Å². The topological polar surface area (TPSA) is 16.4 Å². The number of benzene rings is 8. The molecule has 0 fully saturated rings. The second-order valence-electron chi connectivity index (χ2n) is 11.3. The van der Waals surface area contributed by atoms with Gasteiger partial charge in [-0.25, -0.2) is 0 Å². The second-order valence-corrected chi connectivity index (χ2v) is 11.3. The third kappa shape index (κ3) is 3.82. The van der Waals surface area contributed by atoms with Gasteiger partial charge in [0.1, 0.15) is 11.2 Å². The van der Waals surface area contributed by atoms with E-state index in [1.165, 1.54) is 32.3 Å². The zero-order chi connectivity index (χ0) is 29.0. The van der Waals surface area contributed by atoms with E-state index in [2.05, 4.69) is 157 Å². The van der Waals surface area contributed by atoms with Gasteiger partial charge in [0.25, 0.3) is 0 Å². The third-order valence-electron chi connectivity index (χ3n) is 8.83. The molecule has 9 aromatic rings. The van der Waals surface area contributed by atoms with Gasteiger partial charge < -0.3 is 9.32 Å². The van der Waals surface area contributed by atoms with Gasteiger partial charge in [0.2, 0.25) is 0 Å². The van der Waals surface area contributed by atoms with E-state index in [0.29, 0.717) is 0 Å². The van der Waals surface area contributed by atoms with Crippen LogP contribution in [0.2, 0.25) is 0 Å². The number of fused-ring (bicyclic) bond motifs is 7. The van der Waals surface area contributed by atoms with Gasteiger partial charge in [-0.1, -0.05) is 127 Å². The Morgan fingerprint density at radius 3 is 1.84 bits per heavy atom. The number of rotatable bonds is 4. The molecular weight excluding hydrogens is 534 g/mol. The molecule has 8 aromatic carbocycles. The summed E-state index contributed by atoms with van der Waals surface area (Å²) >= 11 is 0. The molecule has 44 heavy (non-hydrogen) atoms. The van der Waals surface area contributed by atoms with E-state index in [4.69, 9.17) is 4.42 Å². The van der Waals surface area contributed by atoms with Crippen molar-refractivity contribution in [2.24, 2.45) is 0 Å². The third-order valence-corrected chi connectivity index (χ3v) is 8.83. The first kappa shape index (κ1) is 24.7. The molecule has 0 aliphatic heterocycles. The summed E-state index contributed by atoms with van der Waals surface area (Å²) in [6, 6.07) is 58.6. The maximum Gasteiger partial charge on any atom is 0.136 e. The fourth-order valence-electron chi connectivity index (χ4n) is 6.82. The van der Waals surface area contributed by atoms with Crippen LogP contribution in [0.15, 0.2) is 168 Å². The zero-order valence-corrected chi connectivity index (χ0v) is 23.9. The molecule has 0 saturated heterocycles. The van der Waals surface area contributed by atoms with E-state index in [1.54, 1.807) is 0 Å². The van der Waals surface area contributed by atoms with E-state index in [1.807, 2.05) is 12.1 Å². The molecule has 206 valence electrons. The molecule has 0 saturated carbocycles. The number of hydrogen-bond donors (Lipinski definition) is 0. The average molecular weight is 562 g/mol. The average Bonchev–Trinajstić information content (AvgIpc) is 3.47. The van der Waals surface area contributed by atoms with Gasteiger partial charge in [-0.3, -0.25) is 0 Å². The summed E-state index contributed by atoms with van der Waals surface area (Å²) in [5.41, 5.74) is 7.45. The number of hydrogen-bond acceptors (Lipinski definition) is 2. The molecule has 0 N–H and O–H groups in total. The lowest BCUT2D eigenvalue weighted by molar-refractivity contribution is 0.669. The van der Waals surface area contributed by atoms with Crippen LogP contribution in [0.5, 0.6) is 0 Å². The molecule has 9 rings (SSSR count). The van der Waals surface area contributed by atoms with Crippen molar-refractivity contribution < 1.29 is 4.42 Å². The minimum absolute atomic E-state index is 0.895. The lowest BCUT2D eigenvalue weighted by atomic mass is 9.96. The largest absolute Gasteiger partial charge is 0.456 e. The van der Waals surface area contributed by atoms with Gasteiger partial charge in [0.15, 0.2) is 0 Å². The predicted octanol–water partition coefficient (Wildman–Crippen LogP) is 12.2. The van der Waals surface area contributed by atoms with E-state index in [0.717, 1.165) is 50.1 Å². The fraction of sp³-hybridized carbons (Fsp3) is 0. The van der Waals surface area contributed by atoms with Crippen LogP contribution in [0.3, 0.4) is 0 Å². The maximum absolute atomic E-state index is 6.33. The van der Waals surface area contributed by atoms with E-state index in [9.17, 15) is 0 Å². The van der Waals surface area contributed by atoms with Gasteiger partial charge in [0, 0.05) is 27.1 Å². The highest BCUT2D eigenvalue weighted by Gasteiger charge is 2.22. The lowest BCUT2D eigenvalue weighted by Crippen LogP contribution is -2.12. The summed E-state index contributed by atoms with van der Waals surface area (Å²) in [7, 11) is 0. The summed E-state index contributed by atoms with van der Waals surface area (Å²) in [5, 5.41) is 9.61. The quantitative estimate of drug-likeness (QED) is 0.199. The molecule has 0 unspecified atom stereocenters. The van der Waals surface area contributed by atoms with Crippen LogP contribution in [0.4, 0.5) is 17.1 Å². The summed E-state index contributed by atoms with van der Waals surface area (Å²) in [4.78, 5) is 2.45. The Kier molecular flexibility index (Phi) is 5.54. The van der Waals surface area contributed by atoms with Crippen molar-refractivity contribution in [1.82, 2.24) is 0 Å². The van der Waals surface area contributed by atoms with Crippen LogP contribution in [0.25, 0.3) is 65.4 Å². The van der Waals surface area contributed by atoms with Gasteiger partial charge in [-0.2, -0.15) is 0 Å². The number of anilines is 3. The molecule has 0 radical (unpaired) electrons. The standard InChI is InChI=1S/C42H27NO/c1-4-16-32-28(12-1)14-11-22-39(32)43(40-26-29-13-2-3-15-31(29)34-18-5-6-19-35(34)40)38-21-9-7-17-33(38)30-24-25-37-36-20-8-10-23-41(36)44-42(37)27-30/h1-27H. The Hall–Kier alpha value is -5.86. The molecule has 0 spiro atoms. The first-order valence-electron chi connectivity index (χ1n) is 15.0. The minimum Gasteiger partial charge on any atom is -0.456 e. The second kappa shape index (κ2) is 9.86. The Morgan fingerprint density at radius 1 is 0.341 bits per heavy atom. The summed E-state index contributed by atoms with van der Waals surface area (Å²) in [6.45, 7) is 0. The van der Waals surface area contributed by atoms with Crippen molar-refractivity contribution in [3.63, 3.8) is 0 Å². The highest BCUT2D eigenvalue weighted by atomic mass is 16.3. The maximum atomic E-state index is 6.33. The molecule has 0 aliphatic rings. The van der Waals surface area contributed by atoms with E-state index in [-0.39, 0.29) is 0 Å². The Labute approximate surface area is 255 Å². The van der Waals surface area contributed by atoms with Crippen LogP contribution in [-0.2, 0) is 0 Å². The molecule has 2 nitrogen and oxygen atoms in total.